The average Bonchev–Trinajstić information content (AvgIpc) is 3.05. The maximum Gasteiger partial charge on any atom is 0.267 e. The van der Waals surface area contributed by atoms with Crippen molar-refractivity contribution < 1.29 is 4.79 Å². The lowest BCUT2D eigenvalue weighted by molar-refractivity contribution is 0.0753. The van der Waals surface area contributed by atoms with Crippen molar-refractivity contribution in [3.8, 4) is 0 Å². The monoisotopic (exact) mass is 296 g/mol. The number of nitrogens with zero attached hydrogens (tertiary/aromatic N) is 3. The maximum absolute atomic E-state index is 12.7. The van der Waals surface area contributed by atoms with Gasteiger partial charge in [-0.3, -0.25) is 4.79 Å². The molecule has 0 aromatic carbocycles. The number of hydrogen-bond acceptors (Lipinski definition) is 5. The van der Waals surface area contributed by atoms with Crippen LogP contribution in [0.3, 0.4) is 0 Å². The summed E-state index contributed by atoms with van der Waals surface area (Å²) in [5.41, 5.74) is 0.661. The quantitative estimate of drug-likeness (QED) is 0.924. The van der Waals surface area contributed by atoms with Gasteiger partial charge < -0.3 is 10.2 Å². The summed E-state index contributed by atoms with van der Waals surface area (Å²) < 4.78 is 3.99. The smallest absolute Gasteiger partial charge is 0.267 e. The number of hydrogen-bond donors (Lipinski definition) is 1. The number of likely N-dealkylation sites (N-methyl/N-ethyl adjacent to an activating group) is 1. The molecule has 1 N–H and O–H groups in total. The summed E-state index contributed by atoms with van der Waals surface area (Å²) in [6.07, 6.45) is 2.35. The minimum atomic E-state index is -0.150. The van der Waals surface area contributed by atoms with Crippen LogP contribution in [0.15, 0.2) is 0 Å². The van der Waals surface area contributed by atoms with E-state index in [1.165, 1.54) is 18.0 Å². The van der Waals surface area contributed by atoms with E-state index < -0.39 is 0 Å². The van der Waals surface area contributed by atoms with Gasteiger partial charge in [-0.05, 0) is 37.8 Å². The number of carbonyl (C=O) groups is 1. The molecular formula is C14H24N4OS. The fraction of sp³-hybridized carbons (Fsp3) is 0.786. The standard InChI is InChI=1S/C14H24N4OS/c1-5-18(9-10-7-6-8-15-10)13(19)11-12(14(2,3)4)16-17-20-11/h10,15H,5-9H2,1-4H3. The van der Waals surface area contributed by atoms with Crippen LogP contribution in [0.5, 0.6) is 0 Å². The van der Waals surface area contributed by atoms with Crippen LogP contribution in [0.2, 0.25) is 0 Å². The molecule has 1 aromatic heterocycles. The Morgan fingerprint density at radius 2 is 2.25 bits per heavy atom. The zero-order chi connectivity index (χ0) is 14.8. The topological polar surface area (TPSA) is 58.1 Å². The van der Waals surface area contributed by atoms with Crippen LogP contribution in [0.4, 0.5) is 0 Å². The van der Waals surface area contributed by atoms with E-state index in [9.17, 15) is 4.79 Å². The largest absolute Gasteiger partial charge is 0.337 e. The average molecular weight is 296 g/mol. The van der Waals surface area contributed by atoms with Crippen LogP contribution < -0.4 is 5.32 Å². The molecule has 1 aliphatic heterocycles. The van der Waals surface area contributed by atoms with Crippen LogP contribution in [-0.4, -0.2) is 46.1 Å². The van der Waals surface area contributed by atoms with Gasteiger partial charge in [0, 0.05) is 24.5 Å². The summed E-state index contributed by atoms with van der Waals surface area (Å²) in [5.74, 6) is 0.0705. The predicted molar refractivity (Wildman–Crippen MR) is 81.2 cm³/mol. The van der Waals surface area contributed by atoms with Gasteiger partial charge in [-0.25, -0.2) is 0 Å². The van der Waals surface area contributed by atoms with Gasteiger partial charge in [0.2, 0.25) is 0 Å². The third-order valence-corrected chi connectivity index (χ3v) is 4.38. The summed E-state index contributed by atoms with van der Waals surface area (Å²) >= 11 is 1.21. The Labute approximate surface area is 124 Å². The summed E-state index contributed by atoms with van der Waals surface area (Å²) in [4.78, 5) is 15.3. The highest BCUT2D eigenvalue weighted by Crippen LogP contribution is 2.27. The van der Waals surface area contributed by atoms with Gasteiger partial charge in [-0.15, -0.1) is 5.10 Å². The molecule has 1 aliphatic rings. The zero-order valence-electron chi connectivity index (χ0n) is 12.8. The van der Waals surface area contributed by atoms with E-state index in [4.69, 9.17) is 0 Å². The van der Waals surface area contributed by atoms with Crippen LogP contribution in [0.1, 0.15) is 55.9 Å². The van der Waals surface area contributed by atoms with Crippen molar-refractivity contribution in [2.75, 3.05) is 19.6 Å². The van der Waals surface area contributed by atoms with Crippen molar-refractivity contribution in [2.24, 2.45) is 0 Å². The Kier molecular flexibility index (Phi) is 4.75. The van der Waals surface area contributed by atoms with Crippen LogP contribution >= 0.6 is 11.5 Å². The zero-order valence-corrected chi connectivity index (χ0v) is 13.6. The minimum absolute atomic E-state index is 0.0705. The van der Waals surface area contributed by atoms with Gasteiger partial charge in [0.1, 0.15) is 4.88 Å². The highest BCUT2D eigenvalue weighted by atomic mass is 32.1. The van der Waals surface area contributed by atoms with E-state index in [0.717, 1.165) is 31.7 Å². The normalized spacial score (nSPS) is 19.3. The van der Waals surface area contributed by atoms with Crippen molar-refractivity contribution in [3.63, 3.8) is 0 Å². The minimum Gasteiger partial charge on any atom is -0.337 e. The number of rotatable bonds is 4. The summed E-state index contributed by atoms with van der Waals surface area (Å²) in [6.45, 7) is 10.8. The first-order chi connectivity index (χ1) is 9.43. The van der Waals surface area contributed by atoms with Gasteiger partial charge in [0.15, 0.2) is 0 Å². The number of carbonyl (C=O) groups excluding carboxylic acids is 1. The fourth-order valence-corrected chi connectivity index (χ4v) is 3.34. The lowest BCUT2D eigenvalue weighted by Gasteiger charge is -2.25. The van der Waals surface area contributed by atoms with Gasteiger partial charge in [-0.2, -0.15) is 0 Å². The molecule has 1 saturated heterocycles. The summed E-state index contributed by atoms with van der Waals surface area (Å²) in [7, 11) is 0. The van der Waals surface area contributed by atoms with Crippen molar-refractivity contribution in [1.29, 1.82) is 0 Å². The molecule has 112 valence electrons. The first kappa shape index (κ1) is 15.4. The first-order valence-electron chi connectivity index (χ1n) is 7.29. The Hall–Kier alpha value is -1.01. The van der Waals surface area contributed by atoms with E-state index >= 15 is 0 Å². The molecule has 1 atom stereocenters. The second kappa shape index (κ2) is 6.18. The molecule has 0 saturated carbocycles. The number of aromatic nitrogens is 2. The third-order valence-electron chi connectivity index (χ3n) is 3.66. The predicted octanol–water partition coefficient (Wildman–Crippen LogP) is 2.05. The van der Waals surface area contributed by atoms with Crippen LogP contribution in [0.25, 0.3) is 0 Å². The van der Waals surface area contributed by atoms with E-state index in [2.05, 4.69) is 35.7 Å². The van der Waals surface area contributed by atoms with Crippen molar-refractivity contribution in [3.05, 3.63) is 10.6 Å². The molecular weight excluding hydrogens is 272 g/mol. The molecule has 20 heavy (non-hydrogen) atoms. The Morgan fingerprint density at radius 1 is 1.50 bits per heavy atom. The fourth-order valence-electron chi connectivity index (χ4n) is 2.50. The Morgan fingerprint density at radius 3 is 2.80 bits per heavy atom. The Balaban J connectivity index is 2.14. The van der Waals surface area contributed by atoms with Crippen molar-refractivity contribution >= 4 is 17.4 Å². The molecule has 0 radical (unpaired) electrons. The molecule has 2 heterocycles. The van der Waals surface area contributed by atoms with Gasteiger partial charge >= 0.3 is 0 Å². The number of amides is 1. The van der Waals surface area contributed by atoms with Gasteiger partial charge in [0.05, 0.1) is 5.69 Å². The molecule has 1 amide bonds. The Bertz CT molecular complexity index is 460. The van der Waals surface area contributed by atoms with E-state index in [1.54, 1.807) is 0 Å². The first-order valence-corrected chi connectivity index (χ1v) is 8.06. The van der Waals surface area contributed by atoms with Gasteiger partial charge in [0.25, 0.3) is 5.91 Å². The molecule has 1 unspecified atom stereocenters. The lowest BCUT2D eigenvalue weighted by Crippen LogP contribution is -2.41. The molecule has 0 bridgehead atoms. The second-order valence-corrected chi connectivity index (χ2v) is 7.09. The highest BCUT2D eigenvalue weighted by Gasteiger charge is 2.29. The summed E-state index contributed by atoms with van der Waals surface area (Å²) in [5, 5.41) is 7.61. The van der Waals surface area contributed by atoms with Crippen molar-refractivity contribution in [1.82, 2.24) is 19.8 Å². The highest BCUT2D eigenvalue weighted by molar-refractivity contribution is 7.08. The van der Waals surface area contributed by atoms with E-state index in [1.807, 2.05) is 11.8 Å². The molecule has 5 nitrogen and oxygen atoms in total. The third kappa shape index (κ3) is 3.35. The van der Waals surface area contributed by atoms with Gasteiger partial charge in [-0.1, -0.05) is 25.3 Å². The molecule has 0 aliphatic carbocycles. The summed E-state index contributed by atoms with van der Waals surface area (Å²) in [6, 6.07) is 0.429. The number of nitrogens with one attached hydrogen (secondary N) is 1. The molecule has 2 rings (SSSR count). The van der Waals surface area contributed by atoms with E-state index in [0.29, 0.717) is 10.9 Å². The van der Waals surface area contributed by atoms with Crippen molar-refractivity contribution in [2.45, 2.75) is 52.0 Å². The molecule has 1 fully saturated rings. The van der Waals surface area contributed by atoms with E-state index in [-0.39, 0.29) is 11.3 Å². The molecule has 6 heteroatoms. The van der Waals surface area contributed by atoms with Crippen LogP contribution in [0, 0.1) is 0 Å². The maximum atomic E-state index is 12.7. The SMILES string of the molecule is CCN(CC1CCCN1)C(=O)c1snnc1C(C)(C)C. The van der Waals surface area contributed by atoms with Crippen LogP contribution in [-0.2, 0) is 5.41 Å². The lowest BCUT2D eigenvalue weighted by atomic mass is 9.91. The second-order valence-electron chi connectivity index (χ2n) is 6.34. The molecule has 0 spiro atoms. The molecule has 1 aromatic rings.